The minimum Gasteiger partial charge on any atom is -0.456 e. The van der Waals surface area contributed by atoms with Crippen molar-refractivity contribution in [3.8, 4) is 0 Å². The third kappa shape index (κ3) is 3.20. The molecule has 0 spiro atoms. The van der Waals surface area contributed by atoms with E-state index >= 15 is 0 Å². The molecule has 1 aliphatic rings. The molecule has 19 heavy (non-hydrogen) atoms. The molecule has 4 nitrogen and oxygen atoms in total. The lowest BCUT2D eigenvalue weighted by Gasteiger charge is -2.45. The fourth-order valence-corrected chi connectivity index (χ4v) is 2.36. The lowest BCUT2D eigenvalue weighted by atomic mass is 9.70. The van der Waals surface area contributed by atoms with Gasteiger partial charge in [-0.2, -0.15) is 0 Å². The van der Waals surface area contributed by atoms with Crippen molar-refractivity contribution in [2.75, 3.05) is 6.61 Å². The van der Waals surface area contributed by atoms with Crippen LogP contribution in [0.1, 0.15) is 25.3 Å². The van der Waals surface area contributed by atoms with Gasteiger partial charge >= 0.3 is 5.97 Å². The largest absolute Gasteiger partial charge is 0.456 e. The average Bonchev–Trinajstić information content (AvgIpc) is 2.37. The summed E-state index contributed by atoms with van der Waals surface area (Å²) < 4.78 is 10.9. The topological polar surface area (TPSA) is 52.6 Å². The Morgan fingerprint density at radius 3 is 2.68 bits per heavy atom. The number of benzene rings is 1. The molecule has 1 aliphatic carbocycles. The lowest BCUT2D eigenvalue weighted by molar-refractivity contribution is -0.193. The monoisotopic (exact) mass is 262 g/mol. The lowest BCUT2D eigenvalue weighted by Crippen LogP contribution is -2.54. The van der Waals surface area contributed by atoms with Gasteiger partial charge in [-0.3, -0.25) is 4.79 Å². The number of hydrogen-bond acceptors (Lipinski definition) is 4. The standard InChI is InChI=1S/C15H18O4/c1-12(17)19-15(8-7-14(15)9-16)11-18-10-13-5-3-2-4-6-13/h2-6,9,14H,7-8,10-11H2,1H3. The van der Waals surface area contributed by atoms with Gasteiger partial charge in [-0.15, -0.1) is 0 Å². The van der Waals surface area contributed by atoms with Gasteiger partial charge in [-0.25, -0.2) is 0 Å². The highest BCUT2D eigenvalue weighted by atomic mass is 16.6. The van der Waals surface area contributed by atoms with E-state index in [9.17, 15) is 9.59 Å². The van der Waals surface area contributed by atoms with Crippen molar-refractivity contribution in [3.63, 3.8) is 0 Å². The predicted molar refractivity (Wildman–Crippen MR) is 69.4 cm³/mol. The van der Waals surface area contributed by atoms with E-state index in [1.807, 2.05) is 30.3 Å². The van der Waals surface area contributed by atoms with Crippen LogP contribution in [0.4, 0.5) is 0 Å². The molecule has 2 atom stereocenters. The Labute approximate surface area is 112 Å². The van der Waals surface area contributed by atoms with E-state index in [2.05, 4.69) is 0 Å². The molecule has 1 fully saturated rings. The number of hydrogen-bond donors (Lipinski definition) is 0. The van der Waals surface area contributed by atoms with E-state index in [0.717, 1.165) is 18.3 Å². The van der Waals surface area contributed by atoms with Crippen LogP contribution in [-0.2, 0) is 25.7 Å². The van der Waals surface area contributed by atoms with Gasteiger partial charge in [-0.05, 0) is 18.4 Å². The maximum absolute atomic E-state index is 11.2. The summed E-state index contributed by atoms with van der Waals surface area (Å²) in [5.41, 5.74) is 0.310. The van der Waals surface area contributed by atoms with Crippen LogP contribution in [0, 0.1) is 5.92 Å². The first-order valence-corrected chi connectivity index (χ1v) is 6.43. The molecule has 0 aliphatic heterocycles. The van der Waals surface area contributed by atoms with E-state index in [-0.39, 0.29) is 18.5 Å². The van der Waals surface area contributed by atoms with Crippen molar-refractivity contribution >= 4 is 12.3 Å². The van der Waals surface area contributed by atoms with Crippen molar-refractivity contribution in [2.24, 2.45) is 5.92 Å². The van der Waals surface area contributed by atoms with E-state index < -0.39 is 5.60 Å². The van der Waals surface area contributed by atoms with Crippen LogP contribution >= 0.6 is 0 Å². The van der Waals surface area contributed by atoms with Crippen LogP contribution in [0.2, 0.25) is 0 Å². The highest BCUT2D eigenvalue weighted by Gasteiger charge is 2.50. The molecule has 0 bridgehead atoms. The minimum absolute atomic E-state index is 0.243. The van der Waals surface area contributed by atoms with Crippen molar-refractivity contribution in [3.05, 3.63) is 35.9 Å². The summed E-state index contributed by atoms with van der Waals surface area (Å²) in [6.45, 7) is 2.08. The second-order valence-corrected chi connectivity index (χ2v) is 4.92. The van der Waals surface area contributed by atoms with Crippen LogP contribution < -0.4 is 0 Å². The van der Waals surface area contributed by atoms with Gasteiger partial charge in [0.2, 0.25) is 0 Å². The molecule has 1 saturated carbocycles. The maximum Gasteiger partial charge on any atom is 0.303 e. The summed E-state index contributed by atoms with van der Waals surface area (Å²) >= 11 is 0. The van der Waals surface area contributed by atoms with Gasteiger partial charge in [-0.1, -0.05) is 30.3 Å². The second kappa shape index (κ2) is 5.97. The molecule has 0 amide bonds. The SMILES string of the molecule is CC(=O)OC1(COCc2ccccc2)CCC1C=O. The zero-order chi connectivity index (χ0) is 13.7. The third-order valence-electron chi connectivity index (χ3n) is 3.52. The third-order valence-corrected chi connectivity index (χ3v) is 3.52. The summed E-state index contributed by atoms with van der Waals surface area (Å²) in [6, 6.07) is 9.77. The first-order chi connectivity index (χ1) is 9.16. The van der Waals surface area contributed by atoms with Crippen LogP contribution in [0.25, 0.3) is 0 Å². The predicted octanol–water partition coefficient (Wildman–Crippen LogP) is 2.11. The van der Waals surface area contributed by atoms with Crippen LogP contribution in [0.3, 0.4) is 0 Å². The highest BCUT2D eigenvalue weighted by molar-refractivity contribution is 5.68. The Bertz CT molecular complexity index is 443. The molecule has 4 heteroatoms. The molecule has 2 rings (SSSR count). The molecule has 1 aromatic carbocycles. The minimum atomic E-state index is -0.748. The number of aldehydes is 1. The zero-order valence-corrected chi connectivity index (χ0v) is 11.0. The number of esters is 1. The molecule has 0 N–H and O–H groups in total. The van der Waals surface area contributed by atoms with E-state index in [4.69, 9.17) is 9.47 Å². The summed E-state index contributed by atoms with van der Waals surface area (Å²) in [5.74, 6) is -0.609. The van der Waals surface area contributed by atoms with Crippen LogP contribution in [0.5, 0.6) is 0 Å². The molecule has 0 saturated heterocycles. The molecule has 0 heterocycles. The number of carbonyl (C=O) groups is 2. The first-order valence-electron chi connectivity index (χ1n) is 6.43. The number of ether oxygens (including phenoxy) is 2. The zero-order valence-electron chi connectivity index (χ0n) is 11.0. The summed E-state index contributed by atoms with van der Waals surface area (Å²) in [5, 5.41) is 0. The number of rotatable bonds is 6. The summed E-state index contributed by atoms with van der Waals surface area (Å²) in [7, 11) is 0. The van der Waals surface area contributed by atoms with Gasteiger partial charge in [0.25, 0.3) is 0 Å². The molecule has 0 aromatic heterocycles. The fourth-order valence-electron chi connectivity index (χ4n) is 2.36. The summed E-state index contributed by atoms with van der Waals surface area (Å²) in [4.78, 5) is 22.1. The maximum atomic E-state index is 11.2. The van der Waals surface area contributed by atoms with Gasteiger partial charge in [0.1, 0.15) is 11.9 Å². The van der Waals surface area contributed by atoms with Crippen LogP contribution in [-0.4, -0.2) is 24.5 Å². The molecule has 1 aromatic rings. The Kier molecular flexibility index (Phi) is 4.32. The smallest absolute Gasteiger partial charge is 0.303 e. The molecule has 0 radical (unpaired) electrons. The van der Waals surface area contributed by atoms with Gasteiger partial charge < -0.3 is 14.3 Å². The van der Waals surface area contributed by atoms with E-state index in [1.54, 1.807) is 0 Å². The highest BCUT2D eigenvalue weighted by Crippen LogP contribution is 2.41. The normalized spacial score (nSPS) is 25.4. The van der Waals surface area contributed by atoms with E-state index in [1.165, 1.54) is 6.92 Å². The van der Waals surface area contributed by atoms with Crippen molar-refractivity contribution in [1.29, 1.82) is 0 Å². The van der Waals surface area contributed by atoms with Gasteiger partial charge in [0.15, 0.2) is 0 Å². The van der Waals surface area contributed by atoms with Gasteiger partial charge in [0.05, 0.1) is 19.1 Å². The van der Waals surface area contributed by atoms with Crippen LogP contribution in [0.15, 0.2) is 30.3 Å². The van der Waals surface area contributed by atoms with Crippen molar-refractivity contribution in [1.82, 2.24) is 0 Å². The Hall–Kier alpha value is -1.68. The Balaban J connectivity index is 1.91. The molecule has 2 unspecified atom stereocenters. The average molecular weight is 262 g/mol. The second-order valence-electron chi connectivity index (χ2n) is 4.92. The Morgan fingerprint density at radius 1 is 1.42 bits per heavy atom. The summed E-state index contributed by atoms with van der Waals surface area (Å²) in [6.07, 6.45) is 2.30. The first kappa shape index (κ1) is 13.7. The number of carbonyl (C=O) groups excluding carboxylic acids is 2. The quantitative estimate of drug-likeness (QED) is 0.582. The molecular weight excluding hydrogens is 244 g/mol. The van der Waals surface area contributed by atoms with Crippen molar-refractivity contribution in [2.45, 2.75) is 32.0 Å². The molecular formula is C15H18O4. The fraction of sp³-hybridized carbons (Fsp3) is 0.467. The molecule has 102 valence electrons. The Morgan fingerprint density at radius 2 is 2.16 bits per heavy atom. The van der Waals surface area contributed by atoms with E-state index in [0.29, 0.717) is 13.0 Å². The van der Waals surface area contributed by atoms with Gasteiger partial charge in [0, 0.05) is 6.92 Å². The van der Waals surface area contributed by atoms with Crippen molar-refractivity contribution < 1.29 is 19.1 Å².